The minimum absolute atomic E-state index is 0.0170. The number of halogens is 7. The van der Waals surface area contributed by atoms with E-state index in [9.17, 15) is 18.3 Å². The second-order valence-corrected chi connectivity index (χ2v) is 9.60. The van der Waals surface area contributed by atoms with E-state index in [4.69, 9.17) is 5.26 Å². The zero-order valence-electron chi connectivity index (χ0n) is 22.0. The van der Waals surface area contributed by atoms with Gasteiger partial charge in [0.05, 0.1) is 11.7 Å². The van der Waals surface area contributed by atoms with Crippen LogP contribution in [0.15, 0.2) is 78.7 Å². The molecule has 0 bridgehead atoms. The zero-order chi connectivity index (χ0) is 30.4. The van der Waals surface area contributed by atoms with Crippen molar-refractivity contribution in [3.63, 3.8) is 0 Å². The summed E-state index contributed by atoms with van der Waals surface area (Å²) in [5.41, 5.74) is -2.80. The number of nitriles is 1. The molecule has 0 saturated carbocycles. The van der Waals surface area contributed by atoms with Crippen LogP contribution in [0.25, 0.3) is 16.7 Å². The van der Waals surface area contributed by atoms with E-state index in [1.165, 1.54) is 18.2 Å². The Balaban J connectivity index is 1.62. The van der Waals surface area contributed by atoms with Gasteiger partial charge in [0.1, 0.15) is 46.5 Å². The van der Waals surface area contributed by atoms with Crippen LogP contribution in [-0.4, -0.2) is 11.2 Å². The summed E-state index contributed by atoms with van der Waals surface area (Å²) in [6.45, 7) is 0. The fraction of sp³-hybridized carbons (Fsp3) is 0.219. The molecule has 3 aromatic rings. The molecule has 0 heterocycles. The van der Waals surface area contributed by atoms with E-state index >= 15 is 17.6 Å². The second-order valence-electron chi connectivity index (χ2n) is 9.60. The van der Waals surface area contributed by atoms with Gasteiger partial charge in [-0.15, -0.1) is 0 Å². The van der Waals surface area contributed by atoms with Crippen LogP contribution in [0.2, 0.25) is 0 Å². The Kier molecular flexibility index (Phi) is 9.53. The van der Waals surface area contributed by atoms with Crippen LogP contribution in [-0.2, 0) is 6.11 Å². The largest absolute Gasteiger partial charge is 0.432 e. The fourth-order valence-electron chi connectivity index (χ4n) is 4.47. The van der Waals surface area contributed by atoms with Gasteiger partial charge in [0, 0.05) is 17.2 Å². The second kappa shape index (κ2) is 13.1. The van der Waals surface area contributed by atoms with Crippen molar-refractivity contribution >= 4 is 5.57 Å². The summed E-state index contributed by atoms with van der Waals surface area (Å²) in [5, 5.41) is 18.8. The van der Waals surface area contributed by atoms with Crippen LogP contribution in [0.4, 0.5) is 30.7 Å². The van der Waals surface area contributed by atoms with Crippen LogP contribution in [0, 0.1) is 34.6 Å². The predicted molar refractivity (Wildman–Crippen MR) is 143 cm³/mol. The van der Waals surface area contributed by atoms with Gasteiger partial charge >= 0.3 is 6.11 Å². The maximum Gasteiger partial charge on any atom is 0.432 e. The first-order valence-electron chi connectivity index (χ1n) is 13.0. The molecule has 1 aliphatic carbocycles. The van der Waals surface area contributed by atoms with E-state index in [-0.39, 0.29) is 40.7 Å². The first-order chi connectivity index (χ1) is 20.0. The Hall–Kier alpha value is -4.36. The first-order valence-corrected chi connectivity index (χ1v) is 13.0. The van der Waals surface area contributed by atoms with Crippen LogP contribution in [0.3, 0.4) is 0 Å². The number of rotatable bonds is 5. The van der Waals surface area contributed by atoms with Gasteiger partial charge in [-0.1, -0.05) is 24.3 Å². The lowest BCUT2D eigenvalue weighted by Crippen LogP contribution is -2.25. The molecule has 0 amide bonds. The minimum Gasteiger partial charge on any atom is -0.429 e. The van der Waals surface area contributed by atoms with Crippen LogP contribution in [0.1, 0.15) is 48.8 Å². The Morgan fingerprint density at radius 2 is 1.55 bits per heavy atom. The summed E-state index contributed by atoms with van der Waals surface area (Å²) in [6, 6.07) is 8.46. The quantitative estimate of drug-likeness (QED) is 0.303. The molecule has 1 N–H and O–H groups in total. The Morgan fingerprint density at radius 3 is 2.21 bits per heavy atom. The number of benzene rings is 3. The van der Waals surface area contributed by atoms with Gasteiger partial charge in [0.25, 0.3) is 0 Å². The van der Waals surface area contributed by atoms with Crippen molar-refractivity contribution in [2.45, 2.75) is 44.3 Å². The summed E-state index contributed by atoms with van der Waals surface area (Å²) in [6.07, 6.45) is 2.58. The molecule has 3 nitrogen and oxygen atoms in total. The first kappa shape index (κ1) is 30.6. The van der Waals surface area contributed by atoms with Crippen molar-refractivity contribution in [1.82, 2.24) is 0 Å². The SMILES string of the molecule is N#Cc1ccc(-c2ccc(OC(F)(F)c3c(F)cc(C4=C/C=C/CCCC(O)CC/C=C\4F)cc3F)cc2F)cc1F. The number of nitrogens with zero attached hydrogens (tertiary/aromatic N) is 1. The maximum atomic E-state index is 15.0. The normalized spacial score (nSPS) is 19.7. The topological polar surface area (TPSA) is 53.2 Å². The summed E-state index contributed by atoms with van der Waals surface area (Å²) >= 11 is 0. The Morgan fingerprint density at radius 1 is 0.833 bits per heavy atom. The highest BCUT2D eigenvalue weighted by atomic mass is 19.3. The highest BCUT2D eigenvalue weighted by Gasteiger charge is 2.41. The molecule has 10 heteroatoms. The molecule has 42 heavy (non-hydrogen) atoms. The lowest BCUT2D eigenvalue weighted by Gasteiger charge is -2.20. The van der Waals surface area contributed by atoms with Gasteiger partial charge in [-0.3, -0.25) is 0 Å². The standard InChI is InChI=1S/C32H24F7NO2/c33-26-9-5-7-22(41)6-3-1-2-4-8-24(26)21-15-29(36)31(30(37)16-21)32(38,39)42-23-12-13-25(28(35)17-23)19-10-11-20(18-40)27(34)14-19/h2,4,8-17,22,41H,1,3,5-7H2/b4-2+,24-8-,26-9+. The lowest BCUT2D eigenvalue weighted by atomic mass is 9.98. The van der Waals surface area contributed by atoms with Gasteiger partial charge in [-0.25, -0.2) is 22.0 Å². The van der Waals surface area contributed by atoms with Crippen LogP contribution in [0.5, 0.6) is 5.75 Å². The Labute approximate surface area is 237 Å². The van der Waals surface area contributed by atoms with E-state index in [1.807, 2.05) is 0 Å². The molecule has 0 aliphatic heterocycles. The third kappa shape index (κ3) is 7.09. The molecule has 0 radical (unpaired) electrons. The molecule has 3 aromatic carbocycles. The third-order valence-electron chi connectivity index (χ3n) is 6.62. The van der Waals surface area contributed by atoms with Crippen molar-refractivity contribution < 1.29 is 40.6 Å². The van der Waals surface area contributed by atoms with E-state index in [0.29, 0.717) is 37.5 Å². The molecule has 1 unspecified atom stereocenters. The van der Waals surface area contributed by atoms with Gasteiger partial charge in [0.2, 0.25) is 0 Å². The molecule has 0 fully saturated rings. The molecular weight excluding hydrogens is 563 g/mol. The average Bonchev–Trinajstić information content (AvgIpc) is 2.91. The summed E-state index contributed by atoms with van der Waals surface area (Å²) < 4.78 is 108. The number of ether oxygens (including phenoxy) is 1. The molecule has 218 valence electrons. The zero-order valence-corrected chi connectivity index (χ0v) is 22.0. The molecule has 1 aliphatic rings. The van der Waals surface area contributed by atoms with E-state index in [1.54, 1.807) is 12.1 Å². The van der Waals surface area contributed by atoms with Crippen molar-refractivity contribution in [3.8, 4) is 22.9 Å². The molecular formula is C32H24F7NO2. The summed E-state index contributed by atoms with van der Waals surface area (Å²) in [4.78, 5) is 0. The fourth-order valence-corrected chi connectivity index (χ4v) is 4.47. The summed E-state index contributed by atoms with van der Waals surface area (Å²) in [7, 11) is 0. The molecule has 4 rings (SSSR count). The highest BCUT2D eigenvalue weighted by Crippen LogP contribution is 2.38. The van der Waals surface area contributed by atoms with E-state index in [0.717, 1.165) is 30.3 Å². The van der Waals surface area contributed by atoms with Crippen LogP contribution >= 0.6 is 0 Å². The van der Waals surface area contributed by atoms with Gasteiger partial charge in [0.15, 0.2) is 0 Å². The number of alkyl halides is 2. The molecule has 0 aromatic heterocycles. The van der Waals surface area contributed by atoms with Crippen molar-refractivity contribution in [2.24, 2.45) is 0 Å². The summed E-state index contributed by atoms with van der Waals surface area (Å²) in [5.74, 6) is -7.08. The number of hydrogen-bond acceptors (Lipinski definition) is 3. The maximum absolute atomic E-state index is 15.0. The van der Waals surface area contributed by atoms with Crippen LogP contribution < -0.4 is 4.74 Å². The lowest BCUT2D eigenvalue weighted by molar-refractivity contribution is -0.189. The van der Waals surface area contributed by atoms with E-state index in [2.05, 4.69) is 4.74 Å². The van der Waals surface area contributed by atoms with E-state index < -0.39 is 52.6 Å². The number of allylic oxidation sites excluding steroid dienone is 6. The van der Waals surface area contributed by atoms with Gasteiger partial charge < -0.3 is 9.84 Å². The molecule has 0 saturated heterocycles. The van der Waals surface area contributed by atoms with Crippen molar-refractivity contribution in [3.05, 3.63) is 119 Å². The average molecular weight is 588 g/mol. The highest BCUT2D eigenvalue weighted by molar-refractivity contribution is 5.78. The number of aliphatic hydroxyl groups excluding tert-OH is 1. The number of hydrogen-bond donors (Lipinski definition) is 1. The number of aliphatic hydroxyl groups is 1. The minimum atomic E-state index is -4.60. The smallest absolute Gasteiger partial charge is 0.429 e. The molecule has 0 spiro atoms. The Bertz CT molecular complexity index is 1580. The van der Waals surface area contributed by atoms with Crippen molar-refractivity contribution in [2.75, 3.05) is 0 Å². The molecule has 1 atom stereocenters. The third-order valence-corrected chi connectivity index (χ3v) is 6.62. The van der Waals surface area contributed by atoms with Gasteiger partial charge in [-0.2, -0.15) is 14.0 Å². The van der Waals surface area contributed by atoms with Gasteiger partial charge in [-0.05, 0) is 85.7 Å². The van der Waals surface area contributed by atoms with Crippen molar-refractivity contribution in [1.29, 1.82) is 5.26 Å². The predicted octanol–water partition coefficient (Wildman–Crippen LogP) is 9.03. The monoisotopic (exact) mass is 587 g/mol.